The molecule has 0 N–H and O–H groups in total. The molecule has 1 atom stereocenters. The van der Waals surface area contributed by atoms with E-state index in [1.807, 2.05) is 77.4 Å². The van der Waals surface area contributed by atoms with Gasteiger partial charge in [0.15, 0.2) is 22.7 Å². The molecule has 0 amide bonds. The van der Waals surface area contributed by atoms with Gasteiger partial charge >= 0.3 is 0 Å². The number of hydrogen-bond acceptors (Lipinski definition) is 5. The van der Waals surface area contributed by atoms with Gasteiger partial charge in [0.1, 0.15) is 5.76 Å². The number of aromatic nitrogens is 1. The average Bonchev–Trinajstić information content (AvgIpc) is 3.36. The smallest absolute Gasteiger partial charge is 0.231 e. The van der Waals surface area contributed by atoms with Crippen LogP contribution in [0.3, 0.4) is 0 Å². The van der Waals surface area contributed by atoms with Crippen molar-refractivity contribution in [3.8, 4) is 23.1 Å². The number of allylic oxidation sites excluding steroid dienone is 2. The van der Waals surface area contributed by atoms with Gasteiger partial charge in [-0.3, -0.25) is 14.2 Å². The molecule has 0 spiro atoms. The van der Waals surface area contributed by atoms with Crippen LogP contribution in [0.25, 0.3) is 16.6 Å². The summed E-state index contributed by atoms with van der Waals surface area (Å²) in [5, 5.41) is 0.576. The summed E-state index contributed by atoms with van der Waals surface area (Å²) in [5.74, 6) is 1.79. The van der Waals surface area contributed by atoms with Crippen LogP contribution in [0.2, 0.25) is 0 Å². The van der Waals surface area contributed by atoms with Crippen molar-refractivity contribution in [2.75, 3.05) is 6.79 Å². The Balaban J connectivity index is 1.59. The van der Waals surface area contributed by atoms with Crippen LogP contribution in [-0.4, -0.2) is 17.1 Å². The topological polar surface area (TPSA) is 66.8 Å². The lowest BCUT2D eigenvalue weighted by molar-refractivity contribution is -0.118. The summed E-state index contributed by atoms with van der Waals surface area (Å²) in [6, 6.07) is 23.1. The highest BCUT2D eigenvalue weighted by Gasteiger charge is 2.44. The van der Waals surface area contributed by atoms with Crippen LogP contribution in [0, 0.1) is 5.41 Å². The van der Waals surface area contributed by atoms with Gasteiger partial charge in [0, 0.05) is 29.5 Å². The van der Waals surface area contributed by atoms with Crippen LogP contribution in [0.15, 0.2) is 88.9 Å². The molecule has 0 saturated carbocycles. The maximum absolute atomic E-state index is 14.2. The van der Waals surface area contributed by atoms with Gasteiger partial charge in [0.05, 0.1) is 17.0 Å². The number of nitrogens with zero attached hydrogens (tertiary/aromatic N) is 1. The van der Waals surface area contributed by atoms with Gasteiger partial charge in [-0.1, -0.05) is 50.2 Å². The van der Waals surface area contributed by atoms with Crippen molar-refractivity contribution in [3.63, 3.8) is 0 Å². The second-order valence-electron chi connectivity index (χ2n) is 10.7. The summed E-state index contributed by atoms with van der Waals surface area (Å²) in [6.45, 7) is 4.30. The van der Waals surface area contributed by atoms with E-state index in [1.165, 1.54) is 0 Å². The molecular weight excluding hydrogens is 466 g/mol. The van der Waals surface area contributed by atoms with E-state index >= 15 is 0 Å². The summed E-state index contributed by atoms with van der Waals surface area (Å²) >= 11 is 0. The highest BCUT2D eigenvalue weighted by molar-refractivity contribution is 6.00. The fourth-order valence-electron chi connectivity index (χ4n) is 5.90. The fraction of sp³-hybridized carbons (Fsp3) is 0.226. The molecule has 184 valence electrons. The number of pyridine rings is 1. The maximum atomic E-state index is 14.2. The van der Waals surface area contributed by atoms with E-state index in [4.69, 9.17) is 14.2 Å². The van der Waals surface area contributed by atoms with E-state index in [-0.39, 0.29) is 23.4 Å². The van der Waals surface area contributed by atoms with E-state index in [0.29, 0.717) is 52.5 Å². The molecule has 7 rings (SSSR count). The first-order valence-corrected chi connectivity index (χ1v) is 12.5. The van der Waals surface area contributed by atoms with Crippen molar-refractivity contribution in [1.82, 2.24) is 4.57 Å². The van der Waals surface area contributed by atoms with Crippen LogP contribution in [-0.2, 0) is 4.79 Å². The van der Waals surface area contributed by atoms with Crippen molar-refractivity contribution in [2.24, 2.45) is 5.41 Å². The molecule has 6 nitrogen and oxygen atoms in total. The minimum atomic E-state index is -0.580. The number of fused-ring (bicyclic) bond motifs is 3. The lowest BCUT2D eigenvalue weighted by Crippen LogP contribution is -2.36. The van der Waals surface area contributed by atoms with E-state index in [2.05, 4.69) is 13.8 Å². The zero-order valence-electron chi connectivity index (χ0n) is 20.6. The maximum Gasteiger partial charge on any atom is 0.231 e. The second kappa shape index (κ2) is 7.84. The zero-order chi connectivity index (χ0) is 25.3. The Labute approximate surface area is 213 Å². The average molecular weight is 492 g/mol. The number of benzene rings is 3. The minimum absolute atomic E-state index is 0.0124. The third kappa shape index (κ3) is 3.32. The summed E-state index contributed by atoms with van der Waals surface area (Å²) in [5.41, 5.74) is 3.09. The molecule has 37 heavy (non-hydrogen) atoms. The predicted octanol–water partition coefficient (Wildman–Crippen LogP) is 5.89. The van der Waals surface area contributed by atoms with E-state index in [0.717, 1.165) is 16.8 Å². The van der Waals surface area contributed by atoms with Gasteiger partial charge in [-0.05, 0) is 47.4 Å². The van der Waals surface area contributed by atoms with Gasteiger partial charge in [0.2, 0.25) is 12.7 Å². The van der Waals surface area contributed by atoms with Gasteiger partial charge in [-0.25, -0.2) is 0 Å². The number of Topliss-reactive ketones (excluding diaryl/α,β-unsaturated/α-hetero) is 1. The first-order valence-electron chi connectivity index (χ1n) is 12.5. The lowest BCUT2D eigenvalue weighted by atomic mass is 9.70. The number of carbonyl (C=O) groups excluding carboxylic acids is 1. The normalized spacial score (nSPS) is 19.4. The molecule has 1 unspecified atom stereocenters. The number of para-hydroxylation sites is 2. The summed E-state index contributed by atoms with van der Waals surface area (Å²) in [4.78, 5) is 27.9. The van der Waals surface area contributed by atoms with Gasteiger partial charge < -0.3 is 14.2 Å². The molecule has 6 heteroatoms. The summed E-state index contributed by atoms with van der Waals surface area (Å²) in [7, 11) is 0. The molecule has 0 fully saturated rings. The van der Waals surface area contributed by atoms with E-state index in [9.17, 15) is 9.59 Å². The third-order valence-electron chi connectivity index (χ3n) is 7.49. The summed E-state index contributed by atoms with van der Waals surface area (Å²) < 4.78 is 19.8. The molecular formula is C31H25NO5. The zero-order valence-corrected chi connectivity index (χ0v) is 20.6. The van der Waals surface area contributed by atoms with Crippen LogP contribution in [0.4, 0.5) is 0 Å². The number of hydrogen-bond donors (Lipinski definition) is 0. The summed E-state index contributed by atoms with van der Waals surface area (Å²) in [6.07, 6.45) is 0.996. The first kappa shape index (κ1) is 21.9. The van der Waals surface area contributed by atoms with Crippen molar-refractivity contribution < 1.29 is 19.0 Å². The molecule has 3 heterocycles. The Kier molecular flexibility index (Phi) is 4.64. The monoisotopic (exact) mass is 491 g/mol. The van der Waals surface area contributed by atoms with Crippen LogP contribution < -0.4 is 19.6 Å². The van der Waals surface area contributed by atoms with Crippen LogP contribution in [0.1, 0.15) is 43.7 Å². The van der Waals surface area contributed by atoms with Crippen molar-refractivity contribution in [3.05, 3.63) is 105 Å². The molecule has 2 aliphatic heterocycles. The van der Waals surface area contributed by atoms with Gasteiger partial charge in [-0.15, -0.1) is 0 Å². The van der Waals surface area contributed by atoms with Crippen molar-refractivity contribution in [2.45, 2.75) is 32.6 Å². The Morgan fingerprint density at radius 3 is 2.46 bits per heavy atom. The largest absolute Gasteiger partial charge is 0.454 e. The highest BCUT2D eigenvalue weighted by Crippen LogP contribution is 2.51. The first-order chi connectivity index (χ1) is 17.9. The predicted molar refractivity (Wildman–Crippen MR) is 140 cm³/mol. The molecule has 0 saturated heterocycles. The Morgan fingerprint density at radius 2 is 1.62 bits per heavy atom. The molecule has 0 radical (unpaired) electrons. The lowest BCUT2D eigenvalue weighted by Gasteiger charge is -2.39. The van der Waals surface area contributed by atoms with E-state index < -0.39 is 5.92 Å². The van der Waals surface area contributed by atoms with Crippen LogP contribution >= 0.6 is 0 Å². The third-order valence-corrected chi connectivity index (χ3v) is 7.49. The number of rotatable bonds is 2. The number of ether oxygens (including phenoxy) is 3. The van der Waals surface area contributed by atoms with Gasteiger partial charge in [-0.2, -0.15) is 0 Å². The van der Waals surface area contributed by atoms with E-state index in [1.54, 1.807) is 0 Å². The molecule has 4 aromatic rings. The van der Waals surface area contributed by atoms with Crippen molar-refractivity contribution >= 4 is 16.7 Å². The van der Waals surface area contributed by atoms with Gasteiger partial charge in [0.25, 0.3) is 0 Å². The Morgan fingerprint density at radius 1 is 0.865 bits per heavy atom. The molecule has 0 bridgehead atoms. The SMILES string of the molecule is CC1(C)CC(=O)C2=C(C1)Oc1c(c(=O)c3ccccc3n1-c1ccccc1)C2c1ccc2c(c1)OCO2. The molecule has 3 aromatic carbocycles. The van der Waals surface area contributed by atoms with Crippen LogP contribution in [0.5, 0.6) is 17.4 Å². The molecule has 1 aromatic heterocycles. The second-order valence-corrected chi connectivity index (χ2v) is 10.7. The fourth-order valence-corrected chi connectivity index (χ4v) is 5.90. The number of carbonyl (C=O) groups is 1. The minimum Gasteiger partial charge on any atom is -0.454 e. The quantitative estimate of drug-likeness (QED) is 0.350. The standard InChI is InChI=1S/C31H25NO5/c1-31(2)15-22(33)27-25(16-31)37-30-28(26(27)18-12-13-23-24(14-18)36-17-35-23)29(34)20-10-6-7-11-21(20)32(30)19-8-4-3-5-9-19/h3-14,26H,15-17H2,1-2H3. The number of ketones is 1. The Hall–Kier alpha value is -4.32. The Bertz CT molecular complexity index is 1700. The molecule has 3 aliphatic rings. The molecule has 1 aliphatic carbocycles. The van der Waals surface area contributed by atoms with Crippen molar-refractivity contribution in [1.29, 1.82) is 0 Å². The highest BCUT2D eigenvalue weighted by atomic mass is 16.7.